The minimum absolute atomic E-state index is 0.0697. The van der Waals surface area contributed by atoms with Crippen LogP contribution in [0, 0.1) is 6.92 Å². The lowest BCUT2D eigenvalue weighted by Crippen LogP contribution is -2.40. The smallest absolute Gasteiger partial charge is 0.326 e. The summed E-state index contributed by atoms with van der Waals surface area (Å²) in [6.07, 6.45) is 3.25. The number of rotatable bonds is 2. The Morgan fingerprint density at radius 1 is 1.29 bits per heavy atom. The van der Waals surface area contributed by atoms with Crippen LogP contribution >= 0.6 is 0 Å². The Morgan fingerprint density at radius 2 is 2.05 bits per heavy atom. The highest BCUT2D eigenvalue weighted by Crippen LogP contribution is 2.28. The van der Waals surface area contributed by atoms with E-state index in [4.69, 9.17) is 0 Å². The number of hydrogen-bond donors (Lipinski definition) is 2. The lowest BCUT2D eigenvalue weighted by atomic mass is 9.93. The van der Waals surface area contributed by atoms with Gasteiger partial charge in [0, 0.05) is 24.2 Å². The molecule has 0 spiro atoms. The first-order valence-corrected chi connectivity index (χ1v) is 7.29. The molecule has 1 aromatic heterocycles. The second-order valence-corrected chi connectivity index (χ2v) is 5.75. The first-order valence-electron chi connectivity index (χ1n) is 7.29. The number of likely N-dealkylation sites (tertiary alicyclic amines) is 1. The van der Waals surface area contributed by atoms with Crippen molar-refractivity contribution >= 4 is 17.7 Å². The van der Waals surface area contributed by atoms with Gasteiger partial charge in [0.15, 0.2) is 5.78 Å². The number of aliphatic carboxylic acids is 1. The molecule has 6 heteroatoms. The van der Waals surface area contributed by atoms with Crippen molar-refractivity contribution in [1.82, 2.24) is 9.88 Å². The number of carboxylic acids is 1. The predicted molar refractivity (Wildman–Crippen MR) is 74.5 cm³/mol. The molecular formula is C15H18N2O4. The second-order valence-electron chi connectivity index (χ2n) is 5.75. The van der Waals surface area contributed by atoms with Gasteiger partial charge in [-0.05, 0) is 38.2 Å². The normalized spacial score (nSPS) is 21.5. The third kappa shape index (κ3) is 2.14. The first-order chi connectivity index (χ1) is 10.0. The van der Waals surface area contributed by atoms with Crippen molar-refractivity contribution in [3.05, 3.63) is 22.5 Å². The van der Waals surface area contributed by atoms with Crippen LogP contribution in [-0.4, -0.2) is 45.2 Å². The quantitative estimate of drug-likeness (QED) is 0.864. The maximum absolute atomic E-state index is 12.6. The summed E-state index contributed by atoms with van der Waals surface area (Å²) < 4.78 is 0. The number of carboxylic acid groups (broad SMARTS) is 1. The molecule has 1 fully saturated rings. The van der Waals surface area contributed by atoms with E-state index in [1.54, 1.807) is 6.92 Å². The fraction of sp³-hybridized carbons (Fsp3) is 0.533. The van der Waals surface area contributed by atoms with Gasteiger partial charge in [-0.3, -0.25) is 9.59 Å². The minimum Gasteiger partial charge on any atom is -0.480 e. The zero-order chi connectivity index (χ0) is 15.1. The van der Waals surface area contributed by atoms with Crippen LogP contribution in [0.1, 0.15) is 57.8 Å². The van der Waals surface area contributed by atoms with Crippen molar-refractivity contribution in [3.8, 4) is 0 Å². The average Bonchev–Trinajstić information content (AvgIpc) is 3.04. The van der Waals surface area contributed by atoms with E-state index in [1.165, 1.54) is 4.90 Å². The van der Waals surface area contributed by atoms with Crippen LogP contribution in [0.3, 0.4) is 0 Å². The van der Waals surface area contributed by atoms with E-state index in [9.17, 15) is 19.5 Å². The van der Waals surface area contributed by atoms with E-state index in [0.717, 1.165) is 18.5 Å². The number of ketones is 1. The Bertz CT molecular complexity index is 632. The Balaban J connectivity index is 1.96. The summed E-state index contributed by atoms with van der Waals surface area (Å²) in [5.74, 6) is -1.20. The molecule has 1 aliphatic carbocycles. The SMILES string of the molecule is Cc1c(C(=O)N2CCC[C@H]2C(=O)O)[nH]c2c1C(=O)CCC2. The summed E-state index contributed by atoms with van der Waals surface area (Å²) in [6.45, 7) is 2.21. The lowest BCUT2D eigenvalue weighted by molar-refractivity contribution is -0.141. The number of aromatic amines is 1. The average molecular weight is 290 g/mol. The summed E-state index contributed by atoms with van der Waals surface area (Å²) in [5.41, 5.74) is 2.49. The van der Waals surface area contributed by atoms with Crippen LogP contribution in [0.4, 0.5) is 0 Å². The number of amides is 1. The minimum atomic E-state index is -0.967. The molecular weight excluding hydrogens is 272 g/mol. The number of carbonyl (C=O) groups excluding carboxylic acids is 2. The molecule has 0 saturated carbocycles. The number of Topliss-reactive ketones (excluding diaryl/α,β-unsaturated/α-hetero) is 1. The highest BCUT2D eigenvalue weighted by molar-refractivity contribution is 6.04. The van der Waals surface area contributed by atoms with Crippen LogP contribution < -0.4 is 0 Å². The van der Waals surface area contributed by atoms with Crippen LogP contribution in [-0.2, 0) is 11.2 Å². The molecule has 0 bridgehead atoms. The van der Waals surface area contributed by atoms with Gasteiger partial charge in [0.05, 0.1) is 0 Å². The van der Waals surface area contributed by atoms with Crippen molar-refractivity contribution in [1.29, 1.82) is 0 Å². The van der Waals surface area contributed by atoms with Crippen molar-refractivity contribution in [2.45, 2.75) is 45.1 Å². The number of carbonyl (C=O) groups is 3. The largest absolute Gasteiger partial charge is 0.480 e. The predicted octanol–water partition coefficient (Wildman–Crippen LogP) is 1.53. The molecule has 1 amide bonds. The Kier molecular flexibility index (Phi) is 3.31. The summed E-state index contributed by atoms with van der Waals surface area (Å²) in [5, 5.41) is 9.19. The van der Waals surface area contributed by atoms with Gasteiger partial charge in [-0.1, -0.05) is 0 Å². The highest BCUT2D eigenvalue weighted by Gasteiger charge is 2.36. The van der Waals surface area contributed by atoms with Crippen molar-refractivity contribution in [3.63, 3.8) is 0 Å². The van der Waals surface area contributed by atoms with Crippen molar-refractivity contribution < 1.29 is 19.5 Å². The number of nitrogens with zero attached hydrogens (tertiary/aromatic N) is 1. The lowest BCUT2D eigenvalue weighted by Gasteiger charge is -2.21. The van der Waals surface area contributed by atoms with Crippen LogP contribution in [0.25, 0.3) is 0 Å². The summed E-state index contributed by atoms with van der Waals surface area (Å²) >= 11 is 0. The summed E-state index contributed by atoms with van der Waals surface area (Å²) in [7, 11) is 0. The van der Waals surface area contributed by atoms with Crippen molar-refractivity contribution in [2.24, 2.45) is 0 Å². The van der Waals surface area contributed by atoms with Gasteiger partial charge in [-0.15, -0.1) is 0 Å². The molecule has 3 rings (SSSR count). The topological polar surface area (TPSA) is 90.5 Å². The van der Waals surface area contributed by atoms with Gasteiger partial charge in [0.2, 0.25) is 0 Å². The van der Waals surface area contributed by atoms with E-state index in [2.05, 4.69) is 4.98 Å². The maximum atomic E-state index is 12.6. The van der Waals surface area contributed by atoms with E-state index in [-0.39, 0.29) is 11.7 Å². The molecule has 0 radical (unpaired) electrons. The maximum Gasteiger partial charge on any atom is 0.326 e. The molecule has 1 saturated heterocycles. The molecule has 0 aromatic carbocycles. The van der Waals surface area contributed by atoms with E-state index >= 15 is 0 Å². The molecule has 1 aliphatic heterocycles. The molecule has 112 valence electrons. The number of H-pyrrole nitrogens is 1. The van der Waals surface area contributed by atoms with Crippen LogP contribution in [0.2, 0.25) is 0 Å². The number of aryl methyl sites for hydroxylation is 1. The molecule has 0 unspecified atom stereocenters. The van der Waals surface area contributed by atoms with Gasteiger partial charge in [0.25, 0.3) is 5.91 Å². The van der Waals surface area contributed by atoms with Gasteiger partial charge in [0.1, 0.15) is 11.7 Å². The fourth-order valence-corrected chi connectivity index (χ4v) is 3.40. The van der Waals surface area contributed by atoms with Gasteiger partial charge in [-0.25, -0.2) is 4.79 Å². The molecule has 2 aliphatic rings. The molecule has 2 N–H and O–H groups in total. The third-order valence-electron chi connectivity index (χ3n) is 4.45. The first kappa shape index (κ1) is 13.9. The van der Waals surface area contributed by atoms with E-state index in [0.29, 0.717) is 42.6 Å². The van der Waals surface area contributed by atoms with Crippen molar-refractivity contribution in [2.75, 3.05) is 6.54 Å². The number of aromatic nitrogens is 1. The summed E-state index contributed by atoms with van der Waals surface area (Å²) in [4.78, 5) is 40.3. The molecule has 1 aromatic rings. The summed E-state index contributed by atoms with van der Waals surface area (Å²) in [6, 6.07) is -0.757. The van der Waals surface area contributed by atoms with Gasteiger partial charge >= 0.3 is 5.97 Å². The second kappa shape index (κ2) is 5.02. The van der Waals surface area contributed by atoms with E-state index < -0.39 is 12.0 Å². The van der Waals surface area contributed by atoms with Crippen LogP contribution in [0.15, 0.2) is 0 Å². The standard InChI is InChI=1S/C15H18N2O4/c1-8-12-9(4-2-6-11(12)18)16-13(8)14(19)17-7-3-5-10(17)15(20)21/h10,16H,2-7H2,1H3,(H,20,21)/t10-/m0/s1. The number of fused-ring (bicyclic) bond motifs is 1. The molecule has 2 heterocycles. The molecule has 6 nitrogen and oxygen atoms in total. The Hall–Kier alpha value is -2.11. The van der Waals surface area contributed by atoms with Gasteiger partial charge < -0.3 is 15.0 Å². The van der Waals surface area contributed by atoms with E-state index in [1.807, 2.05) is 0 Å². The zero-order valence-electron chi connectivity index (χ0n) is 11.9. The number of hydrogen-bond acceptors (Lipinski definition) is 3. The number of nitrogens with one attached hydrogen (secondary N) is 1. The highest BCUT2D eigenvalue weighted by atomic mass is 16.4. The fourth-order valence-electron chi connectivity index (χ4n) is 3.40. The zero-order valence-corrected chi connectivity index (χ0v) is 11.9. The van der Waals surface area contributed by atoms with Crippen LogP contribution in [0.5, 0.6) is 0 Å². The third-order valence-corrected chi connectivity index (χ3v) is 4.45. The molecule has 21 heavy (non-hydrogen) atoms. The Morgan fingerprint density at radius 3 is 2.71 bits per heavy atom. The molecule has 1 atom stereocenters. The monoisotopic (exact) mass is 290 g/mol. The Labute approximate surface area is 122 Å². The van der Waals surface area contributed by atoms with Gasteiger partial charge in [-0.2, -0.15) is 0 Å².